The van der Waals surface area contributed by atoms with Crippen LogP contribution in [0.25, 0.3) is 61.7 Å². The third-order valence-corrected chi connectivity index (χ3v) is 11.8. The molecule has 1 spiro atoms. The number of hydrogen-bond acceptors (Lipinski definition) is 4. The van der Waals surface area contributed by atoms with Crippen LogP contribution in [0.2, 0.25) is 0 Å². The monoisotopic (exact) mass is 727 g/mol. The van der Waals surface area contributed by atoms with E-state index in [1.54, 1.807) is 0 Å². The molecule has 5 heteroatoms. The maximum atomic E-state index is 5.22. The number of para-hydroxylation sites is 4. The maximum Gasteiger partial charge on any atom is 0.238 e. The van der Waals surface area contributed by atoms with Crippen LogP contribution in [0.5, 0.6) is 0 Å². The van der Waals surface area contributed by atoms with Gasteiger partial charge in [-0.05, 0) is 75.8 Å². The standard InChI is InChI=1S/C52H33N5/c1-4-18-34(19-5-1)49-53-50(35-20-6-2-7-21-35)55-51(54-49)57-45-29-15-11-25-38(45)40-32-44-39(33-48(40)57)37-24-10-12-26-41(37)52(44)42-27-13-16-30-46(42)56(36-22-8-3-9-23-36)47-31-17-14-28-43(47)52/h1-33H. The van der Waals surface area contributed by atoms with Gasteiger partial charge in [0.2, 0.25) is 5.95 Å². The largest absolute Gasteiger partial charge is 0.310 e. The molecule has 0 unspecified atom stereocenters. The zero-order chi connectivity index (χ0) is 37.5. The number of benzene rings is 8. The van der Waals surface area contributed by atoms with Gasteiger partial charge in [-0.3, -0.25) is 4.57 Å². The van der Waals surface area contributed by atoms with Crippen LogP contribution in [-0.2, 0) is 5.41 Å². The molecule has 0 fully saturated rings. The van der Waals surface area contributed by atoms with Gasteiger partial charge >= 0.3 is 0 Å². The number of hydrogen-bond donors (Lipinski definition) is 0. The molecule has 0 saturated carbocycles. The minimum Gasteiger partial charge on any atom is -0.310 e. The summed E-state index contributed by atoms with van der Waals surface area (Å²) in [5.41, 5.74) is 14.4. The normalized spacial score (nSPS) is 13.4. The summed E-state index contributed by atoms with van der Waals surface area (Å²) < 4.78 is 2.24. The molecule has 0 amide bonds. The van der Waals surface area contributed by atoms with Crippen molar-refractivity contribution in [3.63, 3.8) is 0 Å². The first-order valence-electron chi connectivity index (χ1n) is 19.4. The first kappa shape index (κ1) is 31.7. The van der Waals surface area contributed by atoms with E-state index in [-0.39, 0.29) is 0 Å². The van der Waals surface area contributed by atoms with Crippen LogP contribution >= 0.6 is 0 Å². The Balaban J connectivity index is 1.18. The quantitative estimate of drug-likeness (QED) is 0.181. The van der Waals surface area contributed by atoms with E-state index < -0.39 is 5.41 Å². The summed E-state index contributed by atoms with van der Waals surface area (Å²) >= 11 is 0. The lowest BCUT2D eigenvalue weighted by Crippen LogP contribution is -2.36. The molecule has 0 saturated heterocycles. The molecule has 1 aliphatic heterocycles. The summed E-state index contributed by atoms with van der Waals surface area (Å²) in [6.07, 6.45) is 0. The molecular weight excluding hydrogens is 695 g/mol. The lowest BCUT2D eigenvalue weighted by atomic mass is 9.64. The maximum absolute atomic E-state index is 5.22. The summed E-state index contributed by atoms with van der Waals surface area (Å²) in [7, 11) is 0. The van der Waals surface area contributed by atoms with Crippen LogP contribution in [-0.4, -0.2) is 19.5 Å². The highest BCUT2D eigenvalue weighted by atomic mass is 15.2. The minimum absolute atomic E-state index is 0.560. The number of anilines is 3. The lowest BCUT2D eigenvalue weighted by molar-refractivity contribution is 0.753. The second kappa shape index (κ2) is 12.2. The molecule has 12 rings (SSSR count). The van der Waals surface area contributed by atoms with Gasteiger partial charge in [0.15, 0.2) is 11.6 Å². The van der Waals surface area contributed by atoms with Gasteiger partial charge in [-0.15, -0.1) is 0 Å². The summed E-state index contributed by atoms with van der Waals surface area (Å²) in [5.74, 6) is 1.85. The topological polar surface area (TPSA) is 46.8 Å². The van der Waals surface area contributed by atoms with Crippen LogP contribution in [0.15, 0.2) is 200 Å². The molecule has 57 heavy (non-hydrogen) atoms. The number of aromatic nitrogens is 4. The number of rotatable bonds is 4. The molecule has 3 heterocycles. The number of nitrogens with zero attached hydrogens (tertiary/aromatic N) is 5. The van der Waals surface area contributed by atoms with E-state index in [9.17, 15) is 0 Å². The van der Waals surface area contributed by atoms with Gasteiger partial charge in [-0.25, -0.2) is 4.98 Å². The van der Waals surface area contributed by atoms with Crippen molar-refractivity contribution in [2.75, 3.05) is 4.90 Å². The first-order valence-corrected chi connectivity index (χ1v) is 19.4. The Kier molecular flexibility index (Phi) is 6.78. The van der Waals surface area contributed by atoms with E-state index >= 15 is 0 Å². The highest BCUT2D eigenvalue weighted by molar-refractivity contribution is 6.12. The van der Waals surface area contributed by atoms with Crippen LogP contribution < -0.4 is 4.90 Å². The molecule has 0 bridgehead atoms. The molecule has 266 valence electrons. The second-order valence-electron chi connectivity index (χ2n) is 14.8. The van der Waals surface area contributed by atoms with Crippen LogP contribution in [0, 0.1) is 0 Å². The van der Waals surface area contributed by atoms with Crippen molar-refractivity contribution in [3.8, 4) is 39.9 Å². The molecule has 8 aromatic carbocycles. The van der Waals surface area contributed by atoms with E-state index in [0.29, 0.717) is 17.6 Å². The average Bonchev–Trinajstić information content (AvgIpc) is 3.76. The third-order valence-electron chi connectivity index (χ3n) is 11.8. The summed E-state index contributed by atoms with van der Waals surface area (Å²) in [5, 5.41) is 2.30. The van der Waals surface area contributed by atoms with Gasteiger partial charge in [0.05, 0.1) is 27.8 Å². The van der Waals surface area contributed by atoms with Crippen LogP contribution in [0.1, 0.15) is 22.3 Å². The van der Waals surface area contributed by atoms with E-state index in [4.69, 9.17) is 15.0 Å². The van der Waals surface area contributed by atoms with Crippen molar-refractivity contribution in [1.29, 1.82) is 0 Å². The smallest absolute Gasteiger partial charge is 0.238 e. The zero-order valence-electron chi connectivity index (χ0n) is 30.8. The Hall–Kier alpha value is -7.63. The van der Waals surface area contributed by atoms with Gasteiger partial charge in [0, 0.05) is 27.6 Å². The SMILES string of the molecule is c1ccc(-c2nc(-c3ccccc3)nc(-n3c4ccccc4c4cc5c(cc43)-c3ccccc3C53c4ccccc4N(c4ccccc4)c4ccccc43)n2)cc1. The molecule has 10 aromatic rings. The van der Waals surface area contributed by atoms with Gasteiger partial charge < -0.3 is 4.90 Å². The molecule has 2 aromatic heterocycles. The molecular formula is C52H33N5. The minimum atomic E-state index is -0.560. The lowest BCUT2D eigenvalue weighted by Gasteiger charge is -2.45. The van der Waals surface area contributed by atoms with Crippen LogP contribution in [0.4, 0.5) is 17.1 Å². The fraction of sp³-hybridized carbons (Fsp3) is 0.0192. The summed E-state index contributed by atoms with van der Waals surface area (Å²) in [6.45, 7) is 0. The predicted molar refractivity (Wildman–Crippen MR) is 231 cm³/mol. The van der Waals surface area contributed by atoms with Gasteiger partial charge in [-0.2, -0.15) is 9.97 Å². The van der Waals surface area contributed by atoms with Gasteiger partial charge in [-0.1, -0.05) is 158 Å². The second-order valence-corrected chi connectivity index (χ2v) is 14.8. The molecule has 5 nitrogen and oxygen atoms in total. The predicted octanol–water partition coefficient (Wildman–Crippen LogP) is 12.4. The van der Waals surface area contributed by atoms with Crippen molar-refractivity contribution in [2.24, 2.45) is 0 Å². The fourth-order valence-corrected chi connectivity index (χ4v) is 9.53. The first-order chi connectivity index (χ1) is 28.3. The molecule has 2 aliphatic rings. The van der Waals surface area contributed by atoms with Gasteiger partial charge in [0.1, 0.15) is 0 Å². The Morgan fingerprint density at radius 1 is 0.368 bits per heavy atom. The Morgan fingerprint density at radius 3 is 1.54 bits per heavy atom. The van der Waals surface area contributed by atoms with E-state index in [2.05, 4.69) is 173 Å². The Labute approximate surface area is 329 Å². The van der Waals surface area contributed by atoms with E-state index in [1.807, 2.05) is 36.4 Å². The Bertz CT molecular complexity index is 3080. The van der Waals surface area contributed by atoms with Crippen molar-refractivity contribution < 1.29 is 0 Å². The number of fused-ring (bicyclic) bond motifs is 12. The van der Waals surface area contributed by atoms with Crippen molar-refractivity contribution in [2.45, 2.75) is 5.41 Å². The van der Waals surface area contributed by atoms with Crippen molar-refractivity contribution >= 4 is 38.9 Å². The van der Waals surface area contributed by atoms with Gasteiger partial charge in [0.25, 0.3) is 0 Å². The molecule has 1 aliphatic carbocycles. The van der Waals surface area contributed by atoms with E-state index in [0.717, 1.165) is 38.6 Å². The van der Waals surface area contributed by atoms with Crippen LogP contribution in [0.3, 0.4) is 0 Å². The highest BCUT2D eigenvalue weighted by Gasteiger charge is 2.52. The molecule has 0 atom stereocenters. The van der Waals surface area contributed by atoms with E-state index in [1.165, 1.54) is 44.8 Å². The molecule has 0 N–H and O–H groups in total. The summed E-state index contributed by atoms with van der Waals surface area (Å²) in [6, 6.07) is 71.5. The average molecular weight is 728 g/mol. The summed E-state index contributed by atoms with van der Waals surface area (Å²) in [4.78, 5) is 17.9. The fourth-order valence-electron chi connectivity index (χ4n) is 9.53. The van der Waals surface area contributed by atoms with Crippen molar-refractivity contribution in [1.82, 2.24) is 19.5 Å². The third kappa shape index (κ3) is 4.48. The highest BCUT2D eigenvalue weighted by Crippen LogP contribution is 2.64. The zero-order valence-corrected chi connectivity index (χ0v) is 30.8. The molecule has 0 radical (unpaired) electrons. The van der Waals surface area contributed by atoms with Crippen molar-refractivity contribution in [3.05, 3.63) is 222 Å². The Morgan fingerprint density at radius 2 is 0.895 bits per heavy atom.